The predicted octanol–water partition coefficient (Wildman–Crippen LogP) is 13.7. The molecule has 2 N–H and O–H groups in total. The molecule has 8 rings (SSSR count). The first-order valence-electron chi connectivity index (χ1n) is 21.7. The van der Waals surface area contributed by atoms with E-state index in [9.17, 15) is 9.59 Å². The average molecular weight is 835 g/mol. The Labute approximate surface area is 376 Å². The van der Waals surface area contributed by atoms with E-state index in [4.69, 9.17) is 0 Å². The van der Waals surface area contributed by atoms with E-state index >= 15 is 0 Å². The monoisotopic (exact) mass is 834 g/mol. The first-order valence-corrected chi connectivity index (χ1v) is 21.7. The maximum atomic E-state index is 13.2. The molecule has 0 fully saturated rings. The van der Waals surface area contributed by atoms with E-state index in [1.165, 1.54) is 0 Å². The van der Waals surface area contributed by atoms with Crippen LogP contribution in [-0.4, -0.2) is 25.7 Å². The minimum Gasteiger partial charge on any atom is -0.384 e. The van der Waals surface area contributed by atoms with Crippen molar-refractivity contribution >= 4 is 58.1 Å². The van der Waals surface area contributed by atoms with Gasteiger partial charge in [0.15, 0.2) is 12.6 Å². The molecule has 0 aromatic heterocycles. The largest absolute Gasteiger partial charge is 0.384 e. The average Bonchev–Trinajstić information content (AvgIpc) is 3.37. The van der Waals surface area contributed by atoms with Crippen molar-refractivity contribution in [3.63, 3.8) is 0 Å². The number of anilines is 6. The van der Waals surface area contributed by atoms with Gasteiger partial charge in [-0.1, -0.05) is 146 Å². The second-order valence-electron chi connectivity index (χ2n) is 15.1. The number of hydrogen-bond acceptors (Lipinski definition) is 6. The van der Waals surface area contributed by atoms with Crippen LogP contribution in [0.3, 0.4) is 0 Å². The molecule has 0 saturated carbocycles. The number of carbonyl (C=O) groups excluding carboxylic acids is 2. The zero-order valence-corrected chi connectivity index (χ0v) is 36.1. The third-order valence-corrected chi connectivity index (χ3v) is 11.1. The van der Waals surface area contributed by atoms with Gasteiger partial charge in [-0.05, 0) is 120 Å². The van der Waals surface area contributed by atoms with Gasteiger partial charge in [0.2, 0.25) is 0 Å². The van der Waals surface area contributed by atoms with Crippen LogP contribution in [0.1, 0.15) is 25.0 Å². The normalized spacial score (nSPS) is 11.7. The van der Waals surface area contributed by atoms with E-state index in [0.29, 0.717) is 24.5 Å². The maximum Gasteiger partial charge on any atom is 0.152 e. The molecule has 314 valence electrons. The highest BCUT2D eigenvalue weighted by Gasteiger charge is 2.21. The summed E-state index contributed by atoms with van der Waals surface area (Å²) in [6.45, 7) is 5.04. The first kappa shape index (κ1) is 42.5. The zero-order valence-electron chi connectivity index (χ0n) is 36.1. The number of benzene rings is 8. The summed E-state index contributed by atoms with van der Waals surface area (Å²) in [4.78, 5) is 30.9. The van der Waals surface area contributed by atoms with Gasteiger partial charge < -0.3 is 20.4 Å². The van der Waals surface area contributed by atoms with Gasteiger partial charge in [-0.3, -0.25) is 9.59 Å². The molecule has 8 aromatic carbocycles. The van der Waals surface area contributed by atoms with Crippen molar-refractivity contribution in [1.29, 1.82) is 0 Å². The Kier molecular flexibility index (Phi) is 13.6. The fourth-order valence-electron chi connectivity index (χ4n) is 8.04. The lowest BCUT2D eigenvalue weighted by Gasteiger charge is -2.26. The Balaban J connectivity index is 1.15. The van der Waals surface area contributed by atoms with Crippen molar-refractivity contribution in [2.75, 3.05) is 22.9 Å². The molecule has 0 bridgehead atoms. The van der Waals surface area contributed by atoms with Crippen LogP contribution < -0.4 is 20.4 Å². The van der Waals surface area contributed by atoms with E-state index in [-0.39, 0.29) is 11.1 Å². The molecule has 64 heavy (non-hydrogen) atoms. The maximum absolute atomic E-state index is 13.2. The molecule has 0 amide bonds. The lowest BCUT2D eigenvalue weighted by Crippen LogP contribution is -2.20. The molecule has 0 aliphatic heterocycles. The summed E-state index contributed by atoms with van der Waals surface area (Å²) in [6, 6.07) is 74.5. The summed E-state index contributed by atoms with van der Waals surface area (Å²) < 4.78 is 0. The summed E-state index contributed by atoms with van der Waals surface area (Å²) in [5.74, 6) is 0. The highest BCUT2D eigenvalue weighted by Crippen LogP contribution is 2.38. The number of para-hydroxylation sites is 2. The van der Waals surface area contributed by atoms with Crippen LogP contribution in [0.25, 0.3) is 33.6 Å². The molecule has 8 aromatic rings. The molecule has 6 nitrogen and oxygen atoms in total. The van der Waals surface area contributed by atoms with Crippen LogP contribution in [-0.2, 0) is 9.59 Å². The second kappa shape index (κ2) is 20.6. The summed E-state index contributed by atoms with van der Waals surface area (Å²) >= 11 is 0. The minimum absolute atomic E-state index is 0.269. The summed E-state index contributed by atoms with van der Waals surface area (Å²) in [5, 5.41) is 6.86. The molecule has 6 heteroatoms. The van der Waals surface area contributed by atoms with Gasteiger partial charge in [0.1, 0.15) is 0 Å². The summed E-state index contributed by atoms with van der Waals surface area (Å²) in [7, 11) is 0. The van der Waals surface area contributed by atoms with E-state index in [2.05, 4.69) is 142 Å². The molecule has 0 unspecified atom stereocenters. The Morgan fingerprint density at radius 2 is 0.594 bits per heavy atom. The number of allylic oxidation sites excluding steroid dienone is 2. The van der Waals surface area contributed by atoms with Crippen LogP contribution in [0.4, 0.5) is 34.1 Å². The number of nitrogens with zero attached hydrogens (tertiary/aromatic N) is 2. The molecular weight excluding hydrogens is 785 g/mol. The van der Waals surface area contributed by atoms with Crippen molar-refractivity contribution in [1.82, 2.24) is 10.6 Å². The standard InChI is InChI=1S/C58H50N4O2/c1-3-59-57(47-29-37-53(38-30-47)61(49-21-13-7-14-22-49)51-33-25-45(26-34-51)43-17-9-5-10-18-43)55(41-63)56(42-64)58(60-4-2)48-31-39-54(40-32-48)62(50-23-15-8-16-24-50)52-35-27-46(28-36-52)44-19-11-6-12-20-44/h5-42,59-60H,3-4H2,1-2H3/b57-55-,58-56-. The van der Waals surface area contributed by atoms with Crippen molar-refractivity contribution in [2.45, 2.75) is 13.8 Å². The molecule has 0 spiro atoms. The molecule has 0 heterocycles. The van der Waals surface area contributed by atoms with E-state index in [0.717, 1.165) is 80.1 Å². The molecule has 0 aliphatic carbocycles. The predicted molar refractivity (Wildman–Crippen MR) is 266 cm³/mol. The van der Waals surface area contributed by atoms with Crippen LogP contribution in [0.5, 0.6) is 0 Å². The highest BCUT2D eigenvalue weighted by atomic mass is 16.1. The van der Waals surface area contributed by atoms with Crippen LogP contribution >= 0.6 is 0 Å². The number of carbonyl (C=O) groups is 2. The van der Waals surface area contributed by atoms with Gasteiger partial charge in [0, 0.05) is 47.2 Å². The fourth-order valence-corrected chi connectivity index (χ4v) is 8.04. The molecular formula is C58H50N4O2. The smallest absolute Gasteiger partial charge is 0.152 e. The van der Waals surface area contributed by atoms with Gasteiger partial charge in [0.25, 0.3) is 0 Å². The fraction of sp³-hybridized carbons (Fsp3) is 0.0690. The SMILES string of the molecule is CCN/C(=C(C=O)\C(C=O)=C(/NCC)c1ccc(N(c2ccccc2)c2ccc(-c3ccccc3)cc2)cc1)c1ccc(N(c2ccccc2)c2ccc(-c3ccccc3)cc2)cc1. The number of aldehydes is 2. The number of nitrogens with one attached hydrogen (secondary N) is 2. The van der Waals surface area contributed by atoms with Gasteiger partial charge in [-0.25, -0.2) is 0 Å². The second-order valence-corrected chi connectivity index (χ2v) is 15.1. The molecule has 0 aliphatic rings. The summed E-state index contributed by atoms with van der Waals surface area (Å²) in [5.41, 5.74) is 13.8. The lowest BCUT2D eigenvalue weighted by atomic mass is 9.96. The molecule has 0 saturated heterocycles. The summed E-state index contributed by atoms with van der Waals surface area (Å²) in [6.07, 6.45) is 1.56. The first-order chi connectivity index (χ1) is 31.6. The van der Waals surface area contributed by atoms with Crippen molar-refractivity contribution in [3.8, 4) is 22.3 Å². The van der Waals surface area contributed by atoms with Gasteiger partial charge in [-0.15, -0.1) is 0 Å². The van der Waals surface area contributed by atoms with E-state index in [1.807, 2.05) is 111 Å². The molecule has 0 atom stereocenters. The highest BCUT2D eigenvalue weighted by molar-refractivity contribution is 6.07. The van der Waals surface area contributed by atoms with E-state index < -0.39 is 0 Å². The van der Waals surface area contributed by atoms with Crippen molar-refractivity contribution in [3.05, 3.63) is 241 Å². The van der Waals surface area contributed by atoms with E-state index in [1.54, 1.807) is 0 Å². The zero-order chi connectivity index (χ0) is 44.1. The van der Waals surface area contributed by atoms with Gasteiger partial charge >= 0.3 is 0 Å². The number of rotatable bonds is 17. The number of hydrogen-bond donors (Lipinski definition) is 2. The van der Waals surface area contributed by atoms with Crippen LogP contribution in [0.2, 0.25) is 0 Å². The Bertz CT molecular complexity index is 2620. The minimum atomic E-state index is 0.269. The Hall–Kier alpha value is -8.22. The quantitative estimate of drug-likeness (QED) is 0.0541. The lowest BCUT2D eigenvalue weighted by molar-refractivity contribution is -0.107. The van der Waals surface area contributed by atoms with Crippen LogP contribution in [0.15, 0.2) is 230 Å². The topological polar surface area (TPSA) is 64.7 Å². The van der Waals surface area contributed by atoms with Crippen molar-refractivity contribution in [2.24, 2.45) is 0 Å². The third kappa shape index (κ3) is 9.47. The third-order valence-electron chi connectivity index (χ3n) is 11.1. The van der Waals surface area contributed by atoms with Crippen LogP contribution in [0, 0.1) is 0 Å². The Morgan fingerprint density at radius 3 is 0.875 bits per heavy atom. The molecule has 0 radical (unpaired) electrons. The Morgan fingerprint density at radius 1 is 0.344 bits per heavy atom. The van der Waals surface area contributed by atoms with Gasteiger partial charge in [0.05, 0.1) is 22.5 Å². The van der Waals surface area contributed by atoms with Crippen molar-refractivity contribution < 1.29 is 9.59 Å². The van der Waals surface area contributed by atoms with Gasteiger partial charge in [-0.2, -0.15) is 0 Å².